The summed E-state index contributed by atoms with van der Waals surface area (Å²) in [5.41, 5.74) is 12.1. The SMILES string of the molecule is c1ccc(-c2ccc(-c3cccc(-c4nc(-c5ccc(-c6ccccc6)cc5)nc(-c5ccc(-c6ccccc6)cc5)n4)c3)cc2)cc1. The minimum Gasteiger partial charge on any atom is -0.208 e. The number of hydrogen-bond donors (Lipinski definition) is 0. The van der Waals surface area contributed by atoms with E-state index in [9.17, 15) is 0 Å². The second-order valence-electron chi connectivity index (χ2n) is 11.7. The van der Waals surface area contributed by atoms with Crippen LogP contribution in [-0.4, -0.2) is 15.0 Å². The lowest BCUT2D eigenvalue weighted by atomic mass is 9.99. The Morgan fingerprint density at radius 2 is 0.438 bits per heavy atom. The van der Waals surface area contributed by atoms with Crippen LogP contribution in [0.5, 0.6) is 0 Å². The van der Waals surface area contributed by atoms with Crippen LogP contribution >= 0.6 is 0 Å². The predicted molar refractivity (Wildman–Crippen MR) is 198 cm³/mol. The fraction of sp³-hybridized carbons (Fsp3) is 0. The van der Waals surface area contributed by atoms with Crippen LogP contribution in [0.1, 0.15) is 0 Å². The van der Waals surface area contributed by atoms with Gasteiger partial charge in [-0.1, -0.05) is 182 Å². The Hall–Kier alpha value is -6.45. The van der Waals surface area contributed by atoms with Crippen LogP contribution in [0.25, 0.3) is 78.7 Å². The maximum Gasteiger partial charge on any atom is 0.164 e. The van der Waals surface area contributed by atoms with Crippen LogP contribution in [0.2, 0.25) is 0 Å². The van der Waals surface area contributed by atoms with Crippen LogP contribution < -0.4 is 0 Å². The van der Waals surface area contributed by atoms with E-state index in [1.165, 1.54) is 22.3 Å². The summed E-state index contributed by atoms with van der Waals surface area (Å²) in [5, 5.41) is 0. The van der Waals surface area contributed by atoms with Gasteiger partial charge < -0.3 is 0 Å². The minimum atomic E-state index is 0.636. The molecule has 0 spiro atoms. The van der Waals surface area contributed by atoms with E-state index in [0.29, 0.717) is 17.5 Å². The van der Waals surface area contributed by atoms with Gasteiger partial charge in [-0.2, -0.15) is 0 Å². The quantitative estimate of drug-likeness (QED) is 0.179. The van der Waals surface area contributed by atoms with Crippen molar-refractivity contribution in [1.29, 1.82) is 0 Å². The predicted octanol–water partition coefficient (Wildman–Crippen LogP) is 11.5. The molecule has 0 aliphatic carbocycles. The number of hydrogen-bond acceptors (Lipinski definition) is 3. The molecule has 1 aromatic heterocycles. The molecule has 0 radical (unpaired) electrons. The normalized spacial score (nSPS) is 10.9. The Bertz CT molecular complexity index is 2180. The number of rotatable bonds is 7. The van der Waals surface area contributed by atoms with Crippen molar-refractivity contribution in [3.63, 3.8) is 0 Å². The first-order chi connectivity index (χ1) is 23.8. The summed E-state index contributed by atoms with van der Waals surface area (Å²) in [6.45, 7) is 0. The van der Waals surface area contributed by atoms with Crippen molar-refractivity contribution in [1.82, 2.24) is 15.0 Å². The molecule has 3 nitrogen and oxygen atoms in total. The van der Waals surface area contributed by atoms with Crippen molar-refractivity contribution in [2.45, 2.75) is 0 Å². The van der Waals surface area contributed by atoms with Crippen molar-refractivity contribution < 1.29 is 0 Å². The molecule has 0 aliphatic rings. The smallest absolute Gasteiger partial charge is 0.164 e. The first kappa shape index (κ1) is 29.0. The molecule has 0 N–H and O–H groups in total. The third-order valence-corrected chi connectivity index (χ3v) is 8.58. The second kappa shape index (κ2) is 13.1. The van der Waals surface area contributed by atoms with Crippen molar-refractivity contribution in [3.8, 4) is 78.7 Å². The highest BCUT2D eigenvalue weighted by Gasteiger charge is 2.14. The van der Waals surface area contributed by atoms with E-state index >= 15 is 0 Å². The van der Waals surface area contributed by atoms with E-state index in [0.717, 1.165) is 38.9 Å². The van der Waals surface area contributed by atoms with E-state index in [1.807, 2.05) is 18.2 Å². The molecule has 48 heavy (non-hydrogen) atoms. The van der Waals surface area contributed by atoms with Crippen molar-refractivity contribution in [3.05, 3.63) is 188 Å². The van der Waals surface area contributed by atoms with Crippen LogP contribution in [0.3, 0.4) is 0 Å². The van der Waals surface area contributed by atoms with E-state index in [1.54, 1.807) is 0 Å². The highest BCUT2D eigenvalue weighted by Crippen LogP contribution is 2.31. The van der Waals surface area contributed by atoms with Gasteiger partial charge in [0.05, 0.1) is 0 Å². The van der Waals surface area contributed by atoms with Gasteiger partial charge in [-0.25, -0.2) is 15.0 Å². The molecule has 0 amide bonds. The number of nitrogens with zero attached hydrogens (tertiary/aromatic N) is 3. The maximum atomic E-state index is 5.03. The first-order valence-electron chi connectivity index (χ1n) is 16.1. The zero-order valence-corrected chi connectivity index (χ0v) is 26.2. The molecule has 7 aromatic carbocycles. The van der Waals surface area contributed by atoms with Gasteiger partial charge >= 0.3 is 0 Å². The first-order valence-corrected chi connectivity index (χ1v) is 16.1. The van der Waals surface area contributed by atoms with Gasteiger partial charge in [0.1, 0.15) is 0 Å². The molecule has 0 atom stereocenters. The molecule has 0 saturated heterocycles. The van der Waals surface area contributed by atoms with Gasteiger partial charge in [-0.15, -0.1) is 0 Å². The third-order valence-electron chi connectivity index (χ3n) is 8.58. The van der Waals surface area contributed by atoms with Gasteiger partial charge in [0.25, 0.3) is 0 Å². The van der Waals surface area contributed by atoms with Crippen LogP contribution in [0.15, 0.2) is 188 Å². The zero-order valence-electron chi connectivity index (χ0n) is 26.2. The van der Waals surface area contributed by atoms with E-state index in [-0.39, 0.29) is 0 Å². The fourth-order valence-electron chi connectivity index (χ4n) is 5.97. The molecule has 0 saturated carbocycles. The molecule has 226 valence electrons. The Balaban J connectivity index is 1.18. The van der Waals surface area contributed by atoms with Gasteiger partial charge in [0.2, 0.25) is 0 Å². The second-order valence-corrected chi connectivity index (χ2v) is 11.7. The highest BCUT2D eigenvalue weighted by atomic mass is 15.0. The molecular weight excluding hydrogens is 583 g/mol. The Kier molecular flexibility index (Phi) is 7.92. The summed E-state index contributed by atoms with van der Waals surface area (Å²) in [5.74, 6) is 1.91. The molecule has 1 heterocycles. The van der Waals surface area contributed by atoms with E-state index < -0.39 is 0 Å². The average molecular weight is 614 g/mol. The summed E-state index contributed by atoms with van der Waals surface area (Å²) in [6, 6.07) is 65.2. The van der Waals surface area contributed by atoms with Crippen molar-refractivity contribution >= 4 is 0 Å². The van der Waals surface area contributed by atoms with Gasteiger partial charge in [-0.05, 0) is 50.6 Å². The maximum absolute atomic E-state index is 5.03. The molecule has 8 aromatic rings. The highest BCUT2D eigenvalue weighted by molar-refractivity contribution is 5.76. The van der Waals surface area contributed by atoms with E-state index in [4.69, 9.17) is 15.0 Å². The lowest BCUT2D eigenvalue weighted by molar-refractivity contribution is 1.07. The number of aromatic nitrogens is 3. The van der Waals surface area contributed by atoms with Crippen LogP contribution in [-0.2, 0) is 0 Å². The summed E-state index contributed by atoms with van der Waals surface area (Å²) >= 11 is 0. The monoisotopic (exact) mass is 613 g/mol. The minimum absolute atomic E-state index is 0.636. The van der Waals surface area contributed by atoms with E-state index in [2.05, 4.69) is 170 Å². The average Bonchev–Trinajstić information content (AvgIpc) is 3.19. The van der Waals surface area contributed by atoms with Gasteiger partial charge in [-0.3, -0.25) is 0 Å². The lowest BCUT2D eigenvalue weighted by Gasteiger charge is -2.11. The Morgan fingerprint density at radius 3 is 0.812 bits per heavy atom. The largest absolute Gasteiger partial charge is 0.208 e. The third kappa shape index (κ3) is 6.18. The van der Waals surface area contributed by atoms with Crippen LogP contribution in [0, 0.1) is 0 Å². The molecule has 0 fully saturated rings. The molecule has 0 aliphatic heterocycles. The van der Waals surface area contributed by atoms with Crippen molar-refractivity contribution in [2.75, 3.05) is 0 Å². The Labute approximate surface area is 280 Å². The molecule has 0 unspecified atom stereocenters. The standard InChI is InChI=1S/C45H31N3/c1-4-11-32(12-5-1)35-19-21-38(22-20-35)41-17-10-18-42(31-41)45-47-43(39-27-23-36(24-28-39)33-13-6-2-7-14-33)46-44(48-45)40-29-25-37(26-30-40)34-15-8-3-9-16-34/h1-31H. The Morgan fingerprint density at radius 1 is 0.188 bits per heavy atom. The van der Waals surface area contributed by atoms with Gasteiger partial charge in [0, 0.05) is 16.7 Å². The van der Waals surface area contributed by atoms with Crippen LogP contribution in [0.4, 0.5) is 0 Å². The summed E-state index contributed by atoms with van der Waals surface area (Å²) in [7, 11) is 0. The number of benzene rings is 7. The summed E-state index contributed by atoms with van der Waals surface area (Å²) < 4.78 is 0. The lowest BCUT2D eigenvalue weighted by Crippen LogP contribution is -2.00. The van der Waals surface area contributed by atoms with Crippen molar-refractivity contribution in [2.24, 2.45) is 0 Å². The topological polar surface area (TPSA) is 38.7 Å². The summed E-state index contributed by atoms with van der Waals surface area (Å²) in [6.07, 6.45) is 0. The molecule has 8 rings (SSSR count). The molecule has 3 heteroatoms. The molecular formula is C45H31N3. The summed E-state index contributed by atoms with van der Waals surface area (Å²) in [4.78, 5) is 15.1. The van der Waals surface area contributed by atoms with Gasteiger partial charge in [0.15, 0.2) is 17.5 Å². The zero-order chi connectivity index (χ0) is 32.1. The fourth-order valence-corrected chi connectivity index (χ4v) is 5.97. The molecule has 0 bridgehead atoms.